The van der Waals surface area contributed by atoms with Gasteiger partial charge in [-0.3, -0.25) is 4.79 Å². The number of nitrogens with zero attached hydrogens (tertiary/aromatic N) is 4. The second-order valence-corrected chi connectivity index (χ2v) is 10.1. The van der Waals surface area contributed by atoms with Gasteiger partial charge in [0.25, 0.3) is 5.56 Å². The summed E-state index contributed by atoms with van der Waals surface area (Å²) in [5.41, 5.74) is 3.03. The number of thiophene rings is 2. The number of nitrogen functional groups attached to an aromatic ring is 1. The number of aromatic nitrogens is 5. The lowest BCUT2D eigenvalue weighted by Gasteiger charge is -2.04. The minimum absolute atomic E-state index is 0.131. The molecule has 0 aliphatic carbocycles. The summed E-state index contributed by atoms with van der Waals surface area (Å²) in [7, 11) is 0. The predicted molar refractivity (Wildman–Crippen MR) is 128 cm³/mol. The van der Waals surface area contributed by atoms with Crippen LogP contribution in [0.2, 0.25) is 0 Å². The van der Waals surface area contributed by atoms with Gasteiger partial charge in [-0.25, -0.2) is 9.66 Å². The van der Waals surface area contributed by atoms with E-state index in [1.165, 1.54) is 33.3 Å². The summed E-state index contributed by atoms with van der Waals surface area (Å²) >= 11 is 4.47. The smallest absolute Gasteiger partial charge is 0.260 e. The van der Waals surface area contributed by atoms with Gasteiger partial charge in [-0.15, -0.1) is 32.9 Å². The minimum Gasteiger partial charge on any atom is -0.335 e. The first-order valence-corrected chi connectivity index (χ1v) is 12.2. The Labute approximate surface area is 190 Å². The van der Waals surface area contributed by atoms with Gasteiger partial charge >= 0.3 is 0 Å². The maximum absolute atomic E-state index is 13.0. The summed E-state index contributed by atoms with van der Waals surface area (Å²) in [6.07, 6.45) is 0. The second kappa shape index (κ2) is 7.95. The number of thioether (sulfide) groups is 1. The third-order valence-corrected chi connectivity index (χ3v) is 7.69. The van der Waals surface area contributed by atoms with Gasteiger partial charge in [-0.05, 0) is 30.9 Å². The Hall–Kier alpha value is -2.95. The Balaban J connectivity index is 1.45. The number of fused-ring (bicyclic) bond motifs is 1. The Morgan fingerprint density at radius 3 is 2.71 bits per heavy atom. The number of nitrogens with one attached hydrogen (secondary N) is 1. The molecule has 0 radical (unpaired) electrons. The number of rotatable bonds is 5. The summed E-state index contributed by atoms with van der Waals surface area (Å²) in [6.45, 7) is 4.07. The van der Waals surface area contributed by atoms with Crippen LogP contribution in [0.4, 0.5) is 0 Å². The summed E-state index contributed by atoms with van der Waals surface area (Å²) in [5.74, 6) is 7.80. The Morgan fingerprint density at radius 1 is 1.16 bits per heavy atom. The number of H-pyrrole nitrogens is 1. The van der Waals surface area contributed by atoms with Crippen LogP contribution in [0.1, 0.15) is 16.3 Å². The molecule has 156 valence electrons. The van der Waals surface area contributed by atoms with Crippen molar-refractivity contribution in [2.24, 2.45) is 0 Å². The minimum atomic E-state index is -0.131. The molecule has 1 aromatic carbocycles. The van der Waals surface area contributed by atoms with Crippen molar-refractivity contribution in [2.45, 2.75) is 24.8 Å². The number of benzene rings is 1. The molecule has 0 atom stereocenters. The van der Waals surface area contributed by atoms with Crippen molar-refractivity contribution in [1.29, 1.82) is 0 Å². The fraction of sp³-hybridized carbons (Fsp3) is 0.143. The zero-order valence-electron chi connectivity index (χ0n) is 16.7. The third-order valence-electron chi connectivity index (χ3n) is 4.87. The lowest BCUT2D eigenvalue weighted by molar-refractivity contribution is 0.848. The van der Waals surface area contributed by atoms with Gasteiger partial charge in [0.2, 0.25) is 5.16 Å². The normalized spacial score (nSPS) is 11.4. The Morgan fingerprint density at radius 2 is 1.97 bits per heavy atom. The molecule has 4 heterocycles. The molecule has 5 rings (SSSR count). The van der Waals surface area contributed by atoms with Crippen molar-refractivity contribution in [3.63, 3.8) is 0 Å². The number of aromatic amines is 1. The molecule has 4 aromatic heterocycles. The number of aryl methyl sites for hydroxylation is 2. The highest BCUT2D eigenvalue weighted by molar-refractivity contribution is 7.98. The SMILES string of the molecule is Cc1ccc(-c2c(C)sc3nc(CSc4nnc(-c5cccs5)n4N)[nH]c(=O)c23)cc1. The first-order valence-electron chi connectivity index (χ1n) is 9.48. The highest BCUT2D eigenvalue weighted by Crippen LogP contribution is 2.36. The van der Waals surface area contributed by atoms with E-state index in [0.29, 0.717) is 27.9 Å². The fourth-order valence-electron chi connectivity index (χ4n) is 3.38. The van der Waals surface area contributed by atoms with E-state index < -0.39 is 0 Å². The zero-order valence-corrected chi connectivity index (χ0v) is 19.2. The van der Waals surface area contributed by atoms with Crippen LogP contribution in [0.25, 0.3) is 32.0 Å². The molecule has 0 aliphatic rings. The maximum atomic E-state index is 13.0. The summed E-state index contributed by atoms with van der Waals surface area (Å²) < 4.78 is 1.47. The van der Waals surface area contributed by atoms with E-state index in [9.17, 15) is 4.79 Å². The maximum Gasteiger partial charge on any atom is 0.260 e. The van der Waals surface area contributed by atoms with E-state index in [2.05, 4.69) is 27.3 Å². The topological polar surface area (TPSA) is 102 Å². The molecule has 0 saturated carbocycles. The van der Waals surface area contributed by atoms with Gasteiger partial charge in [0.15, 0.2) is 5.82 Å². The summed E-state index contributed by atoms with van der Waals surface area (Å²) in [6, 6.07) is 12.1. The van der Waals surface area contributed by atoms with Crippen molar-refractivity contribution in [3.8, 4) is 21.8 Å². The van der Waals surface area contributed by atoms with Crippen molar-refractivity contribution >= 4 is 44.7 Å². The quantitative estimate of drug-likeness (QED) is 0.290. The van der Waals surface area contributed by atoms with E-state index in [0.717, 1.165) is 25.7 Å². The van der Waals surface area contributed by atoms with Gasteiger partial charge < -0.3 is 10.8 Å². The van der Waals surface area contributed by atoms with Crippen LogP contribution in [-0.2, 0) is 5.75 Å². The first kappa shape index (κ1) is 20.0. The standard InChI is InChI=1S/C21H18N6OS3/c1-11-5-7-13(8-6-11)16-12(2)31-20-17(16)19(28)23-15(24-20)10-30-21-26-25-18(27(21)22)14-4-3-9-29-14/h3-9H,10,22H2,1-2H3,(H,23,24,28). The van der Waals surface area contributed by atoms with Crippen LogP contribution < -0.4 is 11.4 Å². The first-order chi connectivity index (χ1) is 15.0. The molecule has 5 aromatic rings. The van der Waals surface area contributed by atoms with E-state index >= 15 is 0 Å². The van der Waals surface area contributed by atoms with Gasteiger partial charge in [-0.2, -0.15) is 0 Å². The number of hydrogen-bond donors (Lipinski definition) is 2. The molecule has 10 heteroatoms. The fourth-order valence-corrected chi connectivity index (χ4v) is 5.88. The van der Waals surface area contributed by atoms with E-state index in [1.807, 2.05) is 43.5 Å². The van der Waals surface area contributed by atoms with Crippen LogP contribution in [0.5, 0.6) is 0 Å². The number of nitrogens with two attached hydrogens (primary N) is 1. The van der Waals surface area contributed by atoms with Gasteiger partial charge in [0.1, 0.15) is 10.7 Å². The molecule has 31 heavy (non-hydrogen) atoms. The van der Waals surface area contributed by atoms with Gasteiger partial charge in [0, 0.05) is 10.4 Å². The molecule has 0 bridgehead atoms. The van der Waals surface area contributed by atoms with Crippen LogP contribution in [-0.4, -0.2) is 24.8 Å². The Bertz CT molecular complexity index is 1430. The van der Waals surface area contributed by atoms with Gasteiger partial charge in [0.05, 0.1) is 16.0 Å². The second-order valence-electron chi connectivity index (χ2n) is 7.03. The van der Waals surface area contributed by atoms with Crippen molar-refractivity contribution < 1.29 is 0 Å². The largest absolute Gasteiger partial charge is 0.335 e. The zero-order chi connectivity index (χ0) is 21.5. The van der Waals surface area contributed by atoms with Crippen LogP contribution >= 0.6 is 34.4 Å². The molecule has 0 spiro atoms. The lowest BCUT2D eigenvalue weighted by atomic mass is 10.0. The third kappa shape index (κ3) is 3.67. The van der Waals surface area contributed by atoms with Crippen molar-refractivity contribution in [3.05, 3.63) is 68.4 Å². The predicted octanol–water partition coefficient (Wildman–Crippen LogP) is 4.59. The molecule has 0 fully saturated rings. The molecule has 7 nitrogen and oxygen atoms in total. The van der Waals surface area contributed by atoms with Crippen LogP contribution in [0.15, 0.2) is 51.7 Å². The molecule has 0 saturated heterocycles. The average Bonchev–Trinajstić information content (AvgIpc) is 3.46. The van der Waals surface area contributed by atoms with Crippen LogP contribution in [0, 0.1) is 13.8 Å². The molecule has 3 N–H and O–H groups in total. The van der Waals surface area contributed by atoms with Crippen molar-refractivity contribution in [2.75, 3.05) is 5.84 Å². The van der Waals surface area contributed by atoms with E-state index in [1.54, 1.807) is 11.3 Å². The van der Waals surface area contributed by atoms with Gasteiger partial charge in [-0.1, -0.05) is 47.7 Å². The lowest BCUT2D eigenvalue weighted by Crippen LogP contribution is -2.13. The highest BCUT2D eigenvalue weighted by Gasteiger charge is 2.18. The Kier molecular flexibility index (Phi) is 5.12. The molecular weight excluding hydrogens is 448 g/mol. The number of hydrogen-bond acceptors (Lipinski definition) is 8. The average molecular weight is 467 g/mol. The van der Waals surface area contributed by atoms with E-state index in [-0.39, 0.29) is 5.56 Å². The molecule has 0 aliphatic heterocycles. The molecule has 0 unspecified atom stereocenters. The van der Waals surface area contributed by atoms with Crippen molar-refractivity contribution in [1.82, 2.24) is 24.8 Å². The monoisotopic (exact) mass is 466 g/mol. The summed E-state index contributed by atoms with van der Waals surface area (Å²) in [5, 5.41) is 11.5. The van der Waals surface area contributed by atoms with E-state index in [4.69, 9.17) is 10.8 Å². The highest BCUT2D eigenvalue weighted by atomic mass is 32.2. The summed E-state index contributed by atoms with van der Waals surface area (Å²) in [4.78, 5) is 23.4. The molecule has 0 amide bonds. The molecular formula is C21H18N6OS3. The van der Waals surface area contributed by atoms with Crippen LogP contribution in [0.3, 0.4) is 0 Å².